The summed E-state index contributed by atoms with van der Waals surface area (Å²) < 4.78 is 103. The van der Waals surface area contributed by atoms with E-state index >= 15 is 4.39 Å². The predicted molar refractivity (Wildman–Crippen MR) is 141 cm³/mol. The van der Waals surface area contributed by atoms with Gasteiger partial charge in [0.05, 0.1) is 27.7 Å². The maximum Gasteiger partial charge on any atom is 0.417 e. The Labute approximate surface area is 240 Å². The number of methoxy groups -OCH3 is 1. The van der Waals surface area contributed by atoms with Crippen LogP contribution in [0.15, 0.2) is 60.7 Å². The maximum absolute atomic E-state index is 15.1. The predicted octanol–water partition coefficient (Wildman–Crippen LogP) is 10.7. The molecule has 1 unspecified atom stereocenters. The molecule has 0 aliphatic carbocycles. The first-order valence-electron chi connectivity index (χ1n) is 11.5. The average Bonchev–Trinajstić information content (AvgIpc) is 2.88. The highest BCUT2D eigenvalue weighted by Gasteiger charge is 2.41. The zero-order valence-corrected chi connectivity index (χ0v) is 23.0. The Morgan fingerprint density at radius 2 is 1.55 bits per heavy atom. The number of ketones is 1. The van der Waals surface area contributed by atoms with Crippen molar-refractivity contribution >= 4 is 46.4 Å². The minimum absolute atomic E-state index is 0.109. The normalized spacial score (nSPS) is 14.2. The summed E-state index contributed by atoms with van der Waals surface area (Å²) in [6.07, 6.45) is -10.4. The number of halogens is 10. The quantitative estimate of drug-likeness (QED) is 0.141. The van der Waals surface area contributed by atoms with Crippen molar-refractivity contribution in [3.8, 4) is 5.75 Å². The van der Waals surface area contributed by atoms with Gasteiger partial charge in [0, 0.05) is 17.5 Å². The summed E-state index contributed by atoms with van der Waals surface area (Å²) in [5, 5.41) is -0.858. The van der Waals surface area contributed by atoms with Crippen LogP contribution in [0.1, 0.15) is 57.8 Å². The number of carbonyl (C=O) groups is 1. The molecule has 0 aromatic heterocycles. The summed E-state index contributed by atoms with van der Waals surface area (Å²) in [6.45, 7) is 1.64. The van der Waals surface area contributed by atoms with Crippen molar-refractivity contribution in [1.29, 1.82) is 0 Å². The molecule has 2 atom stereocenters. The van der Waals surface area contributed by atoms with Gasteiger partial charge in [-0.2, -0.15) is 26.3 Å². The number of hydrogen-bond donors (Lipinski definition) is 0. The fourth-order valence-corrected chi connectivity index (χ4v) is 4.61. The Morgan fingerprint density at radius 1 is 0.925 bits per heavy atom. The van der Waals surface area contributed by atoms with Crippen molar-refractivity contribution in [1.82, 2.24) is 0 Å². The lowest BCUT2D eigenvalue weighted by Gasteiger charge is -2.19. The maximum atomic E-state index is 15.1. The zero-order chi connectivity index (χ0) is 30.0. The first kappa shape index (κ1) is 31.8. The average molecular weight is 628 g/mol. The van der Waals surface area contributed by atoms with Crippen molar-refractivity contribution in [2.24, 2.45) is 0 Å². The molecule has 0 spiro atoms. The molecule has 0 amide bonds. The van der Waals surface area contributed by atoms with E-state index in [1.807, 2.05) is 0 Å². The van der Waals surface area contributed by atoms with Crippen molar-refractivity contribution in [2.75, 3.05) is 7.11 Å². The standard InChI is InChI=1S/C28H20Cl3F7O2/c1-14(15-4-3-5-18(9-15)40-2)8-25(39)19-7-6-16(10-21(19)28(36,37)38)24(32)13-20(27(33,34)35)17-11-22(29)26(31)23(30)12-17/h3-7,9-14,20H,8H2,1-2H3/b24-13-/t14-,20?/m0/s1. The summed E-state index contributed by atoms with van der Waals surface area (Å²) in [5.74, 6) is -5.08. The number of allylic oxidation sites excluding steroid dienone is 1. The largest absolute Gasteiger partial charge is 0.497 e. The van der Waals surface area contributed by atoms with Gasteiger partial charge in [-0.15, -0.1) is 0 Å². The molecular formula is C28H20Cl3F7O2. The van der Waals surface area contributed by atoms with Gasteiger partial charge in [-0.3, -0.25) is 4.79 Å². The minimum atomic E-state index is -5.10. The van der Waals surface area contributed by atoms with E-state index in [0.717, 1.165) is 24.3 Å². The molecule has 214 valence electrons. The first-order valence-corrected chi connectivity index (χ1v) is 12.6. The van der Waals surface area contributed by atoms with Crippen molar-refractivity contribution in [3.63, 3.8) is 0 Å². The zero-order valence-electron chi connectivity index (χ0n) is 20.7. The van der Waals surface area contributed by atoms with Crippen molar-refractivity contribution in [2.45, 2.75) is 37.5 Å². The molecule has 0 aliphatic rings. The van der Waals surface area contributed by atoms with Gasteiger partial charge in [0.15, 0.2) is 5.78 Å². The van der Waals surface area contributed by atoms with E-state index in [4.69, 9.17) is 39.5 Å². The second-order valence-corrected chi connectivity index (χ2v) is 10.1. The molecule has 3 aromatic carbocycles. The third kappa shape index (κ3) is 7.50. The minimum Gasteiger partial charge on any atom is -0.497 e. The van der Waals surface area contributed by atoms with Crippen LogP contribution >= 0.6 is 34.8 Å². The van der Waals surface area contributed by atoms with Gasteiger partial charge < -0.3 is 4.74 Å². The number of alkyl halides is 6. The first-order chi connectivity index (χ1) is 18.5. The van der Waals surface area contributed by atoms with E-state index < -0.39 is 58.1 Å². The van der Waals surface area contributed by atoms with Crippen LogP contribution in [0.25, 0.3) is 5.83 Å². The third-order valence-corrected chi connectivity index (χ3v) is 7.28. The highest BCUT2D eigenvalue weighted by molar-refractivity contribution is 6.48. The van der Waals surface area contributed by atoms with Crippen LogP contribution in [0.5, 0.6) is 5.75 Å². The van der Waals surface area contributed by atoms with Gasteiger partial charge in [-0.1, -0.05) is 66.0 Å². The summed E-state index contributed by atoms with van der Waals surface area (Å²) >= 11 is 17.4. The second kappa shape index (κ2) is 12.4. The Bertz CT molecular complexity index is 1410. The van der Waals surface area contributed by atoms with E-state index in [1.54, 1.807) is 31.2 Å². The molecule has 40 heavy (non-hydrogen) atoms. The van der Waals surface area contributed by atoms with E-state index in [-0.39, 0.29) is 27.6 Å². The highest BCUT2D eigenvalue weighted by atomic mass is 35.5. The molecule has 0 bridgehead atoms. The van der Waals surface area contributed by atoms with Gasteiger partial charge in [0.2, 0.25) is 0 Å². The lowest BCUT2D eigenvalue weighted by atomic mass is 9.90. The van der Waals surface area contributed by atoms with Crippen molar-refractivity contribution < 1.29 is 40.3 Å². The van der Waals surface area contributed by atoms with Gasteiger partial charge in [-0.25, -0.2) is 4.39 Å². The molecule has 12 heteroatoms. The molecule has 0 aliphatic heterocycles. The molecule has 0 heterocycles. The summed E-state index contributed by atoms with van der Waals surface area (Å²) in [7, 11) is 1.44. The second-order valence-electron chi connectivity index (χ2n) is 8.90. The van der Waals surface area contributed by atoms with Crippen LogP contribution in [0.2, 0.25) is 15.1 Å². The van der Waals surface area contributed by atoms with Crippen LogP contribution in [0.3, 0.4) is 0 Å². The molecule has 2 nitrogen and oxygen atoms in total. The smallest absolute Gasteiger partial charge is 0.417 e. The molecule has 0 radical (unpaired) electrons. The molecular weight excluding hydrogens is 608 g/mol. The Balaban J connectivity index is 2.00. The molecule has 0 saturated carbocycles. The van der Waals surface area contributed by atoms with E-state index in [9.17, 15) is 31.1 Å². The molecule has 3 rings (SSSR count). The van der Waals surface area contributed by atoms with Gasteiger partial charge >= 0.3 is 12.4 Å². The molecule has 0 saturated heterocycles. The van der Waals surface area contributed by atoms with Gasteiger partial charge in [-0.05, 0) is 53.5 Å². The molecule has 0 fully saturated rings. The number of ether oxygens (including phenoxy) is 1. The molecule has 3 aromatic rings. The topological polar surface area (TPSA) is 26.3 Å². The van der Waals surface area contributed by atoms with Gasteiger partial charge in [0.1, 0.15) is 17.5 Å². The summed E-state index contributed by atoms with van der Waals surface area (Å²) in [4.78, 5) is 12.9. The fraction of sp³-hybridized carbons (Fsp3) is 0.250. The number of benzene rings is 3. The van der Waals surface area contributed by atoms with Crippen LogP contribution in [0, 0.1) is 0 Å². The third-order valence-electron chi connectivity index (χ3n) is 6.09. The van der Waals surface area contributed by atoms with Crippen LogP contribution in [-0.4, -0.2) is 19.1 Å². The fourth-order valence-electron chi connectivity index (χ4n) is 4.00. The van der Waals surface area contributed by atoms with E-state index in [0.29, 0.717) is 17.4 Å². The van der Waals surface area contributed by atoms with Gasteiger partial charge in [0.25, 0.3) is 0 Å². The summed E-state index contributed by atoms with van der Waals surface area (Å²) in [6, 6.07) is 10.2. The van der Waals surface area contributed by atoms with Crippen LogP contribution in [-0.2, 0) is 6.18 Å². The number of carbonyl (C=O) groups excluding carboxylic acids is 1. The monoisotopic (exact) mass is 626 g/mol. The van der Waals surface area contributed by atoms with E-state index in [1.165, 1.54) is 7.11 Å². The highest BCUT2D eigenvalue weighted by Crippen LogP contribution is 2.43. The van der Waals surface area contributed by atoms with E-state index in [2.05, 4.69) is 0 Å². The number of hydrogen-bond acceptors (Lipinski definition) is 2. The summed E-state index contributed by atoms with van der Waals surface area (Å²) in [5.41, 5.74) is -2.94. The lowest BCUT2D eigenvalue weighted by Crippen LogP contribution is -2.19. The van der Waals surface area contributed by atoms with Crippen molar-refractivity contribution in [3.05, 3.63) is 104 Å². The Hall–Kier alpha value is -2.75. The Kier molecular flexibility index (Phi) is 9.86. The Morgan fingerprint density at radius 3 is 2.10 bits per heavy atom. The van der Waals surface area contributed by atoms with Crippen LogP contribution < -0.4 is 4.74 Å². The number of Topliss-reactive ketones (excluding diaryl/α,β-unsaturated/α-hetero) is 1. The number of rotatable bonds is 8. The lowest BCUT2D eigenvalue weighted by molar-refractivity contribution is -0.140. The van der Waals surface area contributed by atoms with Crippen LogP contribution in [0.4, 0.5) is 30.7 Å². The SMILES string of the molecule is COc1cccc([C@@H](C)CC(=O)c2ccc(/C(F)=C/C(c3cc(Cl)c(Cl)c(Cl)c3)C(F)(F)F)cc2C(F)(F)F)c1. The molecule has 0 N–H and O–H groups in total.